The molecule has 0 saturated heterocycles. The van der Waals surface area contributed by atoms with Gasteiger partial charge in [0, 0.05) is 18.0 Å². The van der Waals surface area contributed by atoms with Gasteiger partial charge in [-0.25, -0.2) is 0 Å². The van der Waals surface area contributed by atoms with Gasteiger partial charge in [0.05, 0.1) is 10.4 Å². The van der Waals surface area contributed by atoms with Crippen LogP contribution in [0.25, 0.3) is 10.8 Å². The van der Waals surface area contributed by atoms with Gasteiger partial charge in [-0.3, -0.25) is 9.10 Å². The first-order valence-electron chi connectivity index (χ1n) is 6.65. The van der Waals surface area contributed by atoms with Crippen LogP contribution in [0.5, 0.6) is 0 Å². The fourth-order valence-electron chi connectivity index (χ4n) is 2.26. The number of hydrogen-bond acceptors (Lipinski definition) is 3. The lowest BCUT2D eigenvalue weighted by Gasteiger charge is -2.15. The van der Waals surface area contributed by atoms with E-state index in [1.54, 1.807) is 18.0 Å². The summed E-state index contributed by atoms with van der Waals surface area (Å²) >= 11 is 7.89. The average Bonchev–Trinajstić information content (AvgIpc) is 2.40. The molecule has 5 heteroatoms. The van der Waals surface area contributed by atoms with Gasteiger partial charge in [-0.05, 0) is 38.0 Å². The van der Waals surface area contributed by atoms with Crippen molar-refractivity contribution < 1.29 is 0 Å². The van der Waals surface area contributed by atoms with E-state index in [4.69, 9.17) is 11.6 Å². The van der Waals surface area contributed by atoms with Crippen LogP contribution in [0.1, 0.15) is 12.6 Å². The fraction of sp³-hybridized carbons (Fsp3) is 0.400. The molecule has 108 valence electrons. The first kappa shape index (κ1) is 15.4. The summed E-state index contributed by atoms with van der Waals surface area (Å²) in [4.78, 5) is 12.7. The van der Waals surface area contributed by atoms with E-state index in [9.17, 15) is 4.79 Å². The van der Waals surface area contributed by atoms with Crippen molar-refractivity contribution in [3.63, 3.8) is 0 Å². The predicted molar refractivity (Wildman–Crippen MR) is 88.7 cm³/mol. The summed E-state index contributed by atoms with van der Waals surface area (Å²) in [5.41, 5.74) is 1.08. The van der Waals surface area contributed by atoms with Crippen LogP contribution in [0.15, 0.2) is 29.1 Å². The van der Waals surface area contributed by atoms with E-state index in [1.807, 2.05) is 35.1 Å². The number of fused-ring (bicyclic) bond motifs is 1. The molecule has 0 aliphatic carbocycles. The molecule has 1 aromatic heterocycles. The van der Waals surface area contributed by atoms with Gasteiger partial charge in [0.25, 0.3) is 5.56 Å². The molecule has 0 fully saturated rings. The maximum atomic E-state index is 12.7. The third kappa shape index (κ3) is 3.19. The van der Waals surface area contributed by atoms with Crippen LogP contribution in [0.2, 0.25) is 5.02 Å². The van der Waals surface area contributed by atoms with Gasteiger partial charge in [-0.15, -0.1) is 0 Å². The van der Waals surface area contributed by atoms with Gasteiger partial charge < -0.3 is 4.57 Å². The van der Waals surface area contributed by atoms with E-state index in [1.165, 1.54) is 0 Å². The highest BCUT2D eigenvalue weighted by Gasteiger charge is 2.10. The third-order valence-electron chi connectivity index (χ3n) is 3.20. The highest BCUT2D eigenvalue weighted by atomic mass is 35.5. The Morgan fingerprint density at radius 2 is 2.10 bits per heavy atom. The number of pyridine rings is 1. The molecule has 0 aliphatic heterocycles. The minimum absolute atomic E-state index is 0.0179. The molecular formula is C15H19ClN2OS. The maximum absolute atomic E-state index is 12.7. The smallest absolute Gasteiger partial charge is 0.260 e. The zero-order valence-corrected chi connectivity index (χ0v) is 13.6. The minimum Gasteiger partial charge on any atom is -0.311 e. The molecule has 0 aliphatic rings. The van der Waals surface area contributed by atoms with Crippen molar-refractivity contribution in [2.45, 2.75) is 19.9 Å². The molecule has 1 heterocycles. The summed E-state index contributed by atoms with van der Waals surface area (Å²) in [7, 11) is 4.01. The molecule has 0 radical (unpaired) electrons. The monoisotopic (exact) mass is 310 g/mol. The van der Waals surface area contributed by atoms with E-state index in [0.717, 1.165) is 23.3 Å². The summed E-state index contributed by atoms with van der Waals surface area (Å²) in [6.45, 7) is 2.77. The summed E-state index contributed by atoms with van der Waals surface area (Å²) < 4.78 is 3.90. The summed E-state index contributed by atoms with van der Waals surface area (Å²) in [6, 6.07) is 7.68. The van der Waals surface area contributed by atoms with Gasteiger partial charge in [0.15, 0.2) is 0 Å². The van der Waals surface area contributed by atoms with E-state index in [2.05, 4.69) is 13.0 Å². The van der Waals surface area contributed by atoms with Gasteiger partial charge >= 0.3 is 0 Å². The Hall–Kier alpha value is -0.970. The zero-order chi connectivity index (χ0) is 14.7. The lowest BCUT2D eigenvalue weighted by Crippen LogP contribution is -2.25. The van der Waals surface area contributed by atoms with E-state index in [0.29, 0.717) is 17.0 Å². The first-order chi connectivity index (χ1) is 9.54. The largest absolute Gasteiger partial charge is 0.311 e. The minimum atomic E-state index is 0.0179. The number of halogens is 1. The Balaban J connectivity index is 2.49. The van der Waals surface area contributed by atoms with E-state index in [-0.39, 0.29) is 5.56 Å². The van der Waals surface area contributed by atoms with E-state index < -0.39 is 0 Å². The Morgan fingerprint density at radius 3 is 2.75 bits per heavy atom. The van der Waals surface area contributed by atoms with Crippen molar-refractivity contribution in [1.82, 2.24) is 8.87 Å². The van der Waals surface area contributed by atoms with Crippen molar-refractivity contribution in [2.75, 3.05) is 19.8 Å². The van der Waals surface area contributed by atoms with Crippen molar-refractivity contribution in [2.24, 2.45) is 0 Å². The Morgan fingerprint density at radius 1 is 1.35 bits per heavy atom. The second-order valence-corrected chi connectivity index (χ2v) is 6.60. The van der Waals surface area contributed by atoms with Crippen LogP contribution in [0.3, 0.4) is 0 Å². The fourth-order valence-corrected chi connectivity index (χ4v) is 3.15. The topological polar surface area (TPSA) is 25.2 Å². The molecule has 0 N–H and O–H groups in total. The van der Waals surface area contributed by atoms with Crippen LogP contribution in [0.4, 0.5) is 0 Å². The van der Waals surface area contributed by atoms with Gasteiger partial charge in [-0.1, -0.05) is 42.6 Å². The van der Waals surface area contributed by atoms with Crippen LogP contribution < -0.4 is 5.56 Å². The molecule has 20 heavy (non-hydrogen) atoms. The SMILES string of the molecule is CCc1cc2cccc(Cl)c2c(=O)n1CCSN(C)C. The van der Waals surface area contributed by atoms with E-state index >= 15 is 0 Å². The summed E-state index contributed by atoms with van der Waals surface area (Å²) in [5, 5.41) is 2.08. The van der Waals surface area contributed by atoms with Crippen LogP contribution in [-0.4, -0.2) is 28.7 Å². The third-order valence-corrected chi connectivity index (χ3v) is 4.40. The van der Waals surface area contributed by atoms with Crippen molar-refractivity contribution in [3.05, 3.63) is 45.3 Å². The number of benzene rings is 1. The number of rotatable bonds is 5. The standard InChI is InChI=1S/C15H19ClN2OS/c1-4-12-10-11-6-5-7-13(16)14(11)15(19)18(12)8-9-20-17(2)3/h5-7,10H,4,8-9H2,1-3H3. The molecular weight excluding hydrogens is 292 g/mol. The van der Waals surface area contributed by atoms with Gasteiger partial charge in [0.2, 0.25) is 0 Å². The predicted octanol–water partition coefficient (Wildman–Crippen LogP) is 3.43. The molecule has 0 unspecified atom stereocenters. The normalized spacial score (nSPS) is 11.4. The van der Waals surface area contributed by atoms with Crippen LogP contribution in [0, 0.1) is 0 Å². The highest BCUT2D eigenvalue weighted by molar-refractivity contribution is 7.96. The van der Waals surface area contributed by atoms with Crippen molar-refractivity contribution in [1.29, 1.82) is 0 Å². The number of hydrogen-bond donors (Lipinski definition) is 0. The van der Waals surface area contributed by atoms with Gasteiger partial charge in [-0.2, -0.15) is 0 Å². The molecule has 2 aromatic rings. The maximum Gasteiger partial charge on any atom is 0.260 e. The molecule has 0 saturated carbocycles. The number of aryl methyl sites for hydroxylation is 1. The Kier molecular flexibility index (Phi) is 5.13. The average molecular weight is 311 g/mol. The second-order valence-electron chi connectivity index (χ2n) is 4.80. The van der Waals surface area contributed by atoms with Crippen molar-refractivity contribution in [3.8, 4) is 0 Å². The van der Waals surface area contributed by atoms with Crippen molar-refractivity contribution >= 4 is 34.3 Å². The Bertz CT molecular complexity index is 667. The second kappa shape index (κ2) is 6.66. The molecule has 0 spiro atoms. The molecule has 0 bridgehead atoms. The number of aromatic nitrogens is 1. The van der Waals surface area contributed by atoms with Crippen LogP contribution in [-0.2, 0) is 13.0 Å². The molecule has 1 aromatic carbocycles. The van der Waals surface area contributed by atoms with Gasteiger partial charge in [0.1, 0.15) is 0 Å². The quantitative estimate of drug-likeness (QED) is 0.791. The summed E-state index contributed by atoms with van der Waals surface area (Å²) in [5.74, 6) is 0.871. The summed E-state index contributed by atoms with van der Waals surface area (Å²) in [6.07, 6.45) is 0.838. The number of nitrogens with zero attached hydrogens (tertiary/aromatic N) is 2. The Labute approximate surface area is 128 Å². The first-order valence-corrected chi connectivity index (χ1v) is 7.97. The molecule has 0 atom stereocenters. The highest BCUT2D eigenvalue weighted by Crippen LogP contribution is 2.21. The molecule has 2 rings (SSSR count). The molecule has 3 nitrogen and oxygen atoms in total. The lowest BCUT2D eigenvalue weighted by molar-refractivity contribution is 0.669. The zero-order valence-electron chi connectivity index (χ0n) is 12.0. The molecule has 0 amide bonds. The van der Waals surface area contributed by atoms with Crippen LogP contribution >= 0.6 is 23.5 Å². The lowest BCUT2D eigenvalue weighted by atomic mass is 10.1.